The molecule has 0 saturated carbocycles. The number of aryl methyl sites for hydroxylation is 1. The van der Waals surface area contributed by atoms with Gasteiger partial charge in [0.05, 0.1) is 0 Å². The molecule has 2 aromatic heterocycles. The average Bonchev–Trinajstić information content (AvgIpc) is 2.74. The number of nitrogens with zero attached hydrogens (tertiary/aromatic N) is 2. The predicted octanol–water partition coefficient (Wildman–Crippen LogP) is 4.09. The third kappa shape index (κ3) is 5.04. The van der Waals surface area contributed by atoms with Gasteiger partial charge >= 0.3 is 0 Å². The standard InChI is InChI=1S/C23H24N4O2/c1-15(2)19-6-4-5-16(3)21(19)27-23(29)20-13-18(9-12-25-20)22(28)26-14-17-7-10-24-11-8-17/h4-13,15H,14H2,1-3H3,(H,26,28)(H,27,29). The van der Waals surface area contributed by atoms with Gasteiger partial charge in [0.25, 0.3) is 11.8 Å². The average molecular weight is 388 g/mol. The highest BCUT2D eigenvalue weighted by atomic mass is 16.2. The SMILES string of the molecule is Cc1cccc(C(C)C)c1NC(=O)c1cc(C(=O)NCc2ccncc2)ccn1. The van der Waals surface area contributed by atoms with Gasteiger partial charge in [0.15, 0.2) is 0 Å². The first-order valence-electron chi connectivity index (χ1n) is 9.49. The van der Waals surface area contributed by atoms with Crippen LogP contribution in [-0.4, -0.2) is 21.8 Å². The summed E-state index contributed by atoms with van der Waals surface area (Å²) in [5, 5.41) is 5.80. The Bertz CT molecular complexity index is 1020. The quantitative estimate of drug-likeness (QED) is 0.666. The van der Waals surface area contributed by atoms with E-state index < -0.39 is 0 Å². The molecule has 2 heterocycles. The van der Waals surface area contributed by atoms with Crippen molar-refractivity contribution in [2.24, 2.45) is 0 Å². The number of hydrogen-bond acceptors (Lipinski definition) is 4. The molecule has 3 rings (SSSR count). The summed E-state index contributed by atoms with van der Waals surface area (Å²) in [5.41, 5.74) is 4.36. The van der Waals surface area contributed by atoms with Gasteiger partial charge in [0, 0.05) is 36.4 Å². The summed E-state index contributed by atoms with van der Waals surface area (Å²) in [6, 6.07) is 12.7. The van der Waals surface area contributed by atoms with Gasteiger partial charge in [-0.3, -0.25) is 19.6 Å². The Morgan fingerprint density at radius 3 is 2.48 bits per heavy atom. The molecule has 0 fully saturated rings. The van der Waals surface area contributed by atoms with Crippen molar-refractivity contribution in [3.05, 3.63) is 89.0 Å². The van der Waals surface area contributed by atoms with Gasteiger partial charge in [-0.15, -0.1) is 0 Å². The lowest BCUT2D eigenvalue weighted by Gasteiger charge is -2.16. The summed E-state index contributed by atoms with van der Waals surface area (Å²) in [5.74, 6) is -0.342. The lowest BCUT2D eigenvalue weighted by Crippen LogP contribution is -2.24. The molecule has 0 radical (unpaired) electrons. The van der Waals surface area contributed by atoms with E-state index in [1.165, 1.54) is 12.3 Å². The Kier molecular flexibility index (Phi) is 6.34. The molecule has 0 atom stereocenters. The molecule has 0 saturated heterocycles. The Hall–Kier alpha value is -3.54. The van der Waals surface area contributed by atoms with E-state index in [1.54, 1.807) is 18.5 Å². The third-order valence-electron chi connectivity index (χ3n) is 4.62. The number of benzene rings is 1. The molecular weight excluding hydrogens is 364 g/mol. The van der Waals surface area contributed by atoms with Crippen LogP contribution < -0.4 is 10.6 Å². The molecule has 0 aliphatic carbocycles. The van der Waals surface area contributed by atoms with Gasteiger partial charge in [0.1, 0.15) is 5.69 Å². The highest BCUT2D eigenvalue weighted by molar-refractivity contribution is 6.05. The maximum atomic E-state index is 12.8. The van der Waals surface area contributed by atoms with Gasteiger partial charge in [-0.2, -0.15) is 0 Å². The van der Waals surface area contributed by atoms with Crippen molar-refractivity contribution in [2.45, 2.75) is 33.2 Å². The largest absolute Gasteiger partial charge is 0.348 e. The van der Waals surface area contributed by atoms with E-state index in [0.29, 0.717) is 12.1 Å². The first-order valence-corrected chi connectivity index (χ1v) is 9.49. The van der Waals surface area contributed by atoms with Crippen molar-refractivity contribution in [2.75, 3.05) is 5.32 Å². The van der Waals surface area contributed by atoms with Crippen LogP contribution in [0.15, 0.2) is 61.1 Å². The molecule has 1 aromatic carbocycles. The predicted molar refractivity (Wildman–Crippen MR) is 113 cm³/mol. The van der Waals surface area contributed by atoms with E-state index in [-0.39, 0.29) is 23.4 Å². The lowest BCUT2D eigenvalue weighted by molar-refractivity contribution is 0.0950. The van der Waals surface area contributed by atoms with E-state index in [0.717, 1.165) is 22.4 Å². The molecule has 148 valence electrons. The minimum absolute atomic E-state index is 0.194. The maximum absolute atomic E-state index is 12.8. The second kappa shape index (κ2) is 9.10. The summed E-state index contributed by atoms with van der Waals surface area (Å²) in [6.45, 7) is 6.50. The van der Waals surface area contributed by atoms with Crippen LogP contribution in [-0.2, 0) is 6.54 Å². The smallest absolute Gasteiger partial charge is 0.274 e. The monoisotopic (exact) mass is 388 g/mol. The van der Waals surface area contributed by atoms with Crippen LogP contribution in [0.25, 0.3) is 0 Å². The number of carbonyl (C=O) groups is 2. The summed E-state index contributed by atoms with van der Waals surface area (Å²) >= 11 is 0. The molecule has 0 unspecified atom stereocenters. The zero-order valence-corrected chi connectivity index (χ0v) is 16.8. The van der Waals surface area contributed by atoms with E-state index in [2.05, 4.69) is 34.4 Å². The van der Waals surface area contributed by atoms with Crippen LogP contribution in [0.3, 0.4) is 0 Å². The van der Waals surface area contributed by atoms with Crippen molar-refractivity contribution >= 4 is 17.5 Å². The fourth-order valence-electron chi connectivity index (χ4n) is 3.00. The molecule has 0 aliphatic heterocycles. The minimum atomic E-state index is -0.343. The topological polar surface area (TPSA) is 84.0 Å². The Balaban J connectivity index is 1.74. The van der Waals surface area contributed by atoms with Gasteiger partial charge in [-0.05, 0) is 53.8 Å². The molecule has 0 aliphatic rings. The zero-order chi connectivity index (χ0) is 20.8. The number of carbonyl (C=O) groups excluding carboxylic acids is 2. The highest BCUT2D eigenvalue weighted by Gasteiger charge is 2.16. The maximum Gasteiger partial charge on any atom is 0.274 e. The van der Waals surface area contributed by atoms with Crippen LogP contribution >= 0.6 is 0 Å². The molecule has 6 nitrogen and oxygen atoms in total. The zero-order valence-electron chi connectivity index (χ0n) is 16.8. The molecule has 2 amide bonds. The molecule has 0 bridgehead atoms. The number of amides is 2. The van der Waals surface area contributed by atoms with E-state index in [1.807, 2.05) is 37.3 Å². The summed E-state index contributed by atoms with van der Waals surface area (Å²) in [6.07, 6.45) is 4.82. The second-order valence-electron chi connectivity index (χ2n) is 7.12. The van der Waals surface area contributed by atoms with Crippen LogP contribution in [0.1, 0.15) is 57.3 Å². The molecule has 6 heteroatoms. The van der Waals surface area contributed by atoms with Gasteiger partial charge in [-0.25, -0.2) is 0 Å². The van der Waals surface area contributed by atoms with Crippen LogP contribution in [0.4, 0.5) is 5.69 Å². The number of hydrogen-bond donors (Lipinski definition) is 2. The first kappa shape index (κ1) is 20.2. The van der Waals surface area contributed by atoms with Crippen molar-refractivity contribution in [1.82, 2.24) is 15.3 Å². The minimum Gasteiger partial charge on any atom is -0.348 e. The second-order valence-corrected chi connectivity index (χ2v) is 7.12. The molecular formula is C23H24N4O2. The molecule has 3 aromatic rings. The van der Waals surface area contributed by atoms with Gasteiger partial charge in [-0.1, -0.05) is 32.0 Å². The number of anilines is 1. The van der Waals surface area contributed by atoms with Crippen molar-refractivity contribution in [1.29, 1.82) is 0 Å². The highest BCUT2D eigenvalue weighted by Crippen LogP contribution is 2.27. The normalized spacial score (nSPS) is 10.6. The number of aromatic nitrogens is 2. The summed E-state index contributed by atoms with van der Waals surface area (Å²) in [7, 11) is 0. The number of rotatable bonds is 6. The van der Waals surface area contributed by atoms with Crippen molar-refractivity contribution < 1.29 is 9.59 Å². The Labute approximate surface area is 170 Å². The molecule has 0 spiro atoms. The number of pyridine rings is 2. The van der Waals surface area contributed by atoms with Crippen LogP contribution in [0.2, 0.25) is 0 Å². The summed E-state index contributed by atoms with van der Waals surface area (Å²) in [4.78, 5) is 33.3. The third-order valence-corrected chi connectivity index (χ3v) is 4.62. The number of nitrogens with one attached hydrogen (secondary N) is 2. The fraction of sp³-hybridized carbons (Fsp3) is 0.217. The molecule has 2 N–H and O–H groups in total. The number of para-hydroxylation sites is 1. The van der Waals surface area contributed by atoms with Gasteiger partial charge in [0.2, 0.25) is 0 Å². The van der Waals surface area contributed by atoms with Crippen LogP contribution in [0, 0.1) is 6.92 Å². The lowest BCUT2D eigenvalue weighted by atomic mass is 9.98. The molecule has 29 heavy (non-hydrogen) atoms. The van der Waals surface area contributed by atoms with E-state index in [9.17, 15) is 9.59 Å². The van der Waals surface area contributed by atoms with E-state index in [4.69, 9.17) is 0 Å². The summed E-state index contributed by atoms with van der Waals surface area (Å²) < 4.78 is 0. The van der Waals surface area contributed by atoms with Crippen LogP contribution in [0.5, 0.6) is 0 Å². The first-order chi connectivity index (χ1) is 14.0. The van der Waals surface area contributed by atoms with E-state index >= 15 is 0 Å². The Morgan fingerprint density at radius 1 is 1.00 bits per heavy atom. The Morgan fingerprint density at radius 2 is 1.76 bits per heavy atom. The van der Waals surface area contributed by atoms with Crippen molar-refractivity contribution in [3.8, 4) is 0 Å². The van der Waals surface area contributed by atoms with Crippen molar-refractivity contribution in [3.63, 3.8) is 0 Å². The van der Waals surface area contributed by atoms with Gasteiger partial charge < -0.3 is 10.6 Å². The fourth-order valence-corrected chi connectivity index (χ4v) is 3.00.